The lowest BCUT2D eigenvalue weighted by Gasteiger charge is -2.33. The van der Waals surface area contributed by atoms with Crippen LogP contribution in [-0.4, -0.2) is 36.6 Å². The number of benzene rings is 1. The molecule has 1 N–H and O–H groups in total. The molecule has 1 aromatic carbocycles. The SMILES string of the molecule is CC(C)(C)[C@@H]1CCc2sc(C(=O)N3CCC(C(=O)Nc4ccc5c(c4)OCO5)CC3)cc2C1. The first-order valence-corrected chi connectivity index (χ1v) is 12.7. The summed E-state index contributed by atoms with van der Waals surface area (Å²) in [6, 6.07) is 7.57. The average Bonchev–Trinajstić information content (AvgIpc) is 3.44. The van der Waals surface area contributed by atoms with Crippen LogP contribution in [0.3, 0.4) is 0 Å². The van der Waals surface area contributed by atoms with Gasteiger partial charge >= 0.3 is 0 Å². The van der Waals surface area contributed by atoms with Gasteiger partial charge in [-0.05, 0) is 67.2 Å². The van der Waals surface area contributed by atoms with Crippen molar-refractivity contribution in [2.75, 3.05) is 25.2 Å². The van der Waals surface area contributed by atoms with Crippen molar-refractivity contribution < 1.29 is 19.1 Å². The molecule has 7 heteroatoms. The van der Waals surface area contributed by atoms with Gasteiger partial charge in [0.05, 0.1) is 4.88 Å². The van der Waals surface area contributed by atoms with Gasteiger partial charge < -0.3 is 19.7 Å². The molecule has 0 unspecified atom stereocenters. The van der Waals surface area contributed by atoms with E-state index in [1.165, 1.54) is 16.9 Å². The number of nitrogens with zero attached hydrogens (tertiary/aromatic N) is 1. The largest absolute Gasteiger partial charge is 0.454 e. The Morgan fingerprint density at radius 3 is 2.58 bits per heavy atom. The fraction of sp³-hybridized carbons (Fsp3) is 0.538. The summed E-state index contributed by atoms with van der Waals surface area (Å²) in [4.78, 5) is 30.1. The molecule has 1 fully saturated rings. The Hall–Kier alpha value is -2.54. The Bertz CT molecular complexity index is 1060. The van der Waals surface area contributed by atoms with Crippen LogP contribution in [0.2, 0.25) is 0 Å². The summed E-state index contributed by atoms with van der Waals surface area (Å²) in [5, 5.41) is 2.99. The lowest BCUT2D eigenvalue weighted by atomic mass is 9.72. The summed E-state index contributed by atoms with van der Waals surface area (Å²) in [5.74, 6) is 2.05. The van der Waals surface area contributed by atoms with Gasteiger partial charge in [-0.1, -0.05) is 20.8 Å². The van der Waals surface area contributed by atoms with E-state index in [-0.39, 0.29) is 24.5 Å². The number of hydrogen-bond acceptors (Lipinski definition) is 5. The molecule has 2 amide bonds. The van der Waals surface area contributed by atoms with Crippen molar-refractivity contribution in [1.29, 1.82) is 0 Å². The van der Waals surface area contributed by atoms with Crippen LogP contribution in [-0.2, 0) is 17.6 Å². The predicted octanol–water partition coefficient (Wildman–Crippen LogP) is 5.12. The summed E-state index contributed by atoms with van der Waals surface area (Å²) in [7, 11) is 0. The average molecular weight is 469 g/mol. The zero-order valence-electron chi connectivity index (χ0n) is 19.6. The van der Waals surface area contributed by atoms with Gasteiger partial charge in [0.15, 0.2) is 11.5 Å². The number of thiophene rings is 1. The minimum atomic E-state index is -0.0939. The molecular weight excluding hydrogens is 436 g/mol. The fourth-order valence-corrected chi connectivity index (χ4v) is 6.26. The molecule has 0 saturated carbocycles. The molecule has 2 aliphatic heterocycles. The summed E-state index contributed by atoms with van der Waals surface area (Å²) in [6.45, 7) is 8.38. The van der Waals surface area contributed by atoms with Gasteiger partial charge in [0, 0.05) is 35.6 Å². The highest BCUT2D eigenvalue weighted by molar-refractivity contribution is 7.14. The summed E-state index contributed by atoms with van der Waals surface area (Å²) < 4.78 is 10.7. The number of carbonyl (C=O) groups excluding carboxylic acids is 2. The first-order chi connectivity index (χ1) is 15.8. The maximum absolute atomic E-state index is 13.2. The first-order valence-electron chi connectivity index (χ1n) is 11.9. The van der Waals surface area contributed by atoms with E-state index in [4.69, 9.17) is 9.47 Å². The number of ether oxygens (including phenoxy) is 2. The van der Waals surface area contributed by atoms with E-state index in [1.54, 1.807) is 17.4 Å². The third-order valence-electron chi connectivity index (χ3n) is 7.31. The minimum absolute atomic E-state index is 0.000717. The van der Waals surface area contributed by atoms with Crippen molar-refractivity contribution in [3.8, 4) is 11.5 Å². The Balaban J connectivity index is 1.16. The molecule has 6 nitrogen and oxygen atoms in total. The summed E-state index contributed by atoms with van der Waals surface area (Å²) >= 11 is 1.68. The second-order valence-corrected chi connectivity index (χ2v) is 11.6. The van der Waals surface area contributed by atoms with Crippen LogP contribution in [0.4, 0.5) is 5.69 Å². The number of hydrogen-bond donors (Lipinski definition) is 1. The van der Waals surface area contributed by atoms with Crippen LogP contribution in [0.15, 0.2) is 24.3 Å². The second kappa shape index (κ2) is 8.67. The molecule has 3 aliphatic rings. The molecule has 1 saturated heterocycles. The molecule has 0 spiro atoms. The van der Waals surface area contributed by atoms with Crippen LogP contribution >= 0.6 is 11.3 Å². The van der Waals surface area contributed by atoms with E-state index >= 15 is 0 Å². The third kappa shape index (κ3) is 4.60. The van der Waals surface area contributed by atoms with E-state index < -0.39 is 0 Å². The summed E-state index contributed by atoms with van der Waals surface area (Å²) in [5.41, 5.74) is 2.38. The number of piperidine rings is 1. The monoisotopic (exact) mass is 468 g/mol. The van der Waals surface area contributed by atoms with Crippen LogP contribution in [0.25, 0.3) is 0 Å². The standard InChI is InChI=1S/C26H32N2O4S/c1-26(2,3)18-4-7-22-17(12-18)13-23(33-22)25(30)28-10-8-16(9-11-28)24(29)27-19-5-6-20-21(14-19)32-15-31-20/h5-6,13-14,16,18H,4,7-12,15H2,1-3H3,(H,27,29)/t18-/m1/s1. The maximum atomic E-state index is 13.2. The number of nitrogens with one attached hydrogen (secondary N) is 1. The van der Waals surface area contributed by atoms with Crippen molar-refractivity contribution >= 4 is 28.8 Å². The topological polar surface area (TPSA) is 67.9 Å². The van der Waals surface area contributed by atoms with Crippen molar-refractivity contribution in [3.05, 3.63) is 39.6 Å². The zero-order valence-corrected chi connectivity index (χ0v) is 20.4. The van der Waals surface area contributed by atoms with Crippen molar-refractivity contribution in [2.24, 2.45) is 17.3 Å². The Labute approximate surface area is 199 Å². The van der Waals surface area contributed by atoms with E-state index in [2.05, 4.69) is 32.2 Å². The first kappa shape index (κ1) is 22.3. The predicted molar refractivity (Wildman–Crippen MR) is 129 cm³/mol. The number of carbonyl (C=O) groups is 2. The van der Waals surface area contributed by atoms with E-state index in [1.807, 2.05) is 17.0 Å². The fourth-order valence-electron chi connectivity index (χ4n) is 5.09. The van der Waals surface area contributed by atoms with E-state index in [0.29, 0.717) is 54.5 Å². The quantitative estimate of drug-likeness (QED) is 0.679. The molecule has 0 bridgehead atoms. The van der Waals surface area contributed by atoms with E-state index in [9.17, 15) is 9.59 Å². The number of rotatable bonds is 3. The molecule has 5 rings (SSSR count). The van der Waals surface area contributed by atoms with Gasteiger partial charge in [0.1, 0.15) is 0 Å². The maximum Gasteiger partial charge on any atom is 0.263 e. The molecule has 1 aliphatic carbocycles. The van der Waals surface area contributed by atoms with Gasteiger partial charge in [-0.25, -0.2) is 0 Å². The molecule has 0 radical (unpaired) electrons. The van der Waals surface area contributed by atoms with Gasteiger partial charge in [0.25, 0.3) is 5.91 Å². The Morgan fingerprint density at radius 2 is 1.82 bits per heavy atom. The van der Waals surface area contributed by atoms with Crippen molar-refractivity contribution in [1.82, 2.24) is 4.90 Å². The van der Waals surface area contributed by atoms with Crippen LogP contribution in [0.5, 0.6) is 11.5 Å². The minimum Gasteiger partial charge on any atom is -0.454 e. The number of aryl methyl sites for hydroxylation is 1. The van der Waals surface area contributed by atoms with Crippen LogP contribution < -0.4 is 14.8 Å². The smallest absolute Gasteiger partial charge is 0.263 e. The lowest BCUT2D eigenvalue weighted by Crippen LogP contribution is -2.41. The molecule has 2 aromatic rings. The molecule has 33 heavy (non-hydrogen) atoms. The second-order valence-electron chi connectivity index (χ2n) is 10.5. The number of amides is 2. The highest BCUT2D eigenvalue weighted by atomic mass is 32.1. The van der Waals surface area contributed by atoms with Gasteiger partial charge in [-0.15, -0.1) is 11.3 Å². The van der Waals surface area contributed by atoms with Crippen LogP contribution in [0.1, 0.15) is 60.1 Å². The van der Waals surface area contributed by atoms with Crippen molar-refractivity contribution in [3.63, 3.8) is 0 Å². The molecule has 176 valence electrons. The number of fused-ring (bicyclic) bond motifs is 2. The highest BCUT2D eigenvalue weighted by Crippen LogP contribution is 2.40. The van der Waals surface area contributed by atoms with Crippen molar-refractivity contribution in [2.45, 2.75) is 52.9 Å². The number of likely N-dealkylation sites (tertiary alicyclic amines) is 1. The number of anilines is 1. The molecule has 3 heterocycles. The third-order valence-corrected chi connectivity index (χ3v) is 8.54. The Morgan fingerprint density at radius 1 is 1.06 bits per heavy atom. The lowest BCUT2D eigenvalue weighted by molar-refractivity contribution is -0.121. The van der Waals surface area contributed by atoms with Gasteiger partial charge in [-0.3, -0.25) is 9.59 Å². The highest BCUT2D eigenvalue weighted by Gasteiger charge is 2.32. The van der Waals surface area contributed by atoms with Gasteiger partial charge in [-0.2, -0.15) is 0 Å². The van der Waals surface area contributed by atoms with Gasteiger partial charge in [0.2, 0.25) is 12.7 Å². The molecule has 1 aromatic heterocycles. The Kier molecular flexibility index (Phi) is 5.85. The molecule has 1 atom stereocenters. The molecular formula is C26H32N2O4S. The van der Waals surface area contributed by atoms with Crippen LogP contribution in [0, 0.1) is 17.3 Å². The van der Waals surface area contributed by atoms with E-state index in [0.717, 1.165) is 17.7 Å². The zero-order chi connectivity index (χ0) is 23.2. The normalized spacial score (nSPS) is 20.5. The summed E-state index contributed by atoms with van der Waals surface area (Å²) in [6.07, 6.45) is 4.72.